The second kappa shape index (κ2) is 8.05. The zero-order valence-electron chi connectivity index (χ0n) is 18.1. The summed E-state index contributed by atoms with van der Waals surface area (Å²) >= 11 is 0. The molecule has 168 valence electrons. The molecule has 1 unspecified atom stereocenters. The van der Waals surface area contributed by atoms with Crippen LogP contribution in [0.3, 0.4) is 0 Å². The first-order valence-electron chi connectivity index (χ1n) is 10.5. The highest BCUT2D eigenvalue weighted by molar-refractivity contribution is 6.51. The Morgan fingerprint density at radius 3 is 2.39 bits per heavy atom. The Bertz CT molecular complexity index is 1240. The second-order valence-electron chi connectivity index (χ2n) is 7.95. The zero-order chi connectivity index (χ0) is 23.1. The first-order chi connectivity index (χ1) is 16.0. The monoisotopic (exact) mass is 446 g/mol. The average molecular weight is 446 g/mol. The molecule has 0 saturated carbocycles. The zero-order valence-corrected chi connectivity index (χ0v) is 18.1. The Labute approximate surface area is 190 Å². The lowest BCUT2D eigenvalue weighted by Crippen LogP contribution is -2.29. The molecule has 2 aromatic carbocycles. The van der Waals surface area contributed by atoms with Crippen LogP contribution in [-0.4, -0.2) is 44.1 Å². The maximum atomic E-state index is 13.2. The van der Waals surface area contributed by atoms with Crippen LogP contribution in [0.2, 0.25) is 0 Å². The van der Waals surface area contributed by atoms with Gasteiger partial charge < -0.3 is 23.9 Å². The van der Waals surface area contributed by atoms with Gasteiger partial charge in [0.15, 0.2) is 11.5 Å². The largest absolute Gasteiger partial charge is 0.507 e. The summed E-state index contributed by atoms with van der Waals surface area (Å²) in [7, 11) is 3.83. The highest BCUT2D eigenvalue weighted by Crippen LogP contribution is 2.43. The molecule has 1 amide bonds. The van der Waals surface area contributed by atoms with Gasteiger partial charge in [-0.05, 0) is 54.6 Å². The normalized spacial score (nSPS) is 19.1. The number of carbonyl (C=O) groups is 2. The number of rotatable bonds is 4. The van der Waals surface area contributed by atoms with E-state index in [1.165, 1.54) is 11.2 Å². The van der Waals surface area contributed by atoms with Crippen molar-refractivity contribution in [1.29, 1.82) is 0 Å². The molecule has 2 aliphatic rings. The molecule has 3 aromatic rings. The van der Waals surface area contributed by atoms with Crippen molar-refractivity contribution >= 4 is 28.8 Å². The van der Waals surface area contributed by atoms with Crippen LogP contribution in [0.15, 0.2) is 70.9 Å². The topological polar surface area (TPSA) is 92.5 Å². The van der Waals surface area contributed by atoms with Gasteiger partial charge in [0.2, 0.25) is 0 Å². The number of fused-ring (bicyclic) bond motifs is 1. The van der Waals surface area contributed by atoms with Crippen molar-refractivity contribution in [2.45, 2.75) is 6.04 Å². The Balaban J connectivity index is 1.63. The van der Waals surface area contributed by atoms with Crippen LogP contribution in [0, 0.1) is 0 Å². The highest BCUT2D eigenvalue weighted by Gasteiger charge is 2.48. The standard InChI is InChI=1S/C25H22N2O6/c1-26(2)16-6-8-17(9-7-16)27-22(19-4-3-11-31-19)21(24(29)25(27)30)23(28)15-5-10-18-20(14-15)33-13-12-32-18/h3-11,14,22,28H,12-13H2,1-2H3/b23-21-. The van der Waals surface area contributed by atoms with Crippen LogP contribution in [0.4, 0.5) is 11.4 Å². The van der Waals surface area contributed by atoms with E-state index >= 15 is 0 Å². The van der Waals surface area contributed by atoms with E-state index in [0.717, 1.165) is 5.69 Å². The molecule has 8 heteroatoms. The summed E-state index contributed by atoms with van der Waals surface area (Å²) < 4.78 is 16.7. The Kier molecular flexibility index (Phi) is 5.05. The first kappa shape index (κ1) is 20.7. The van der Waals surface area contributed by atoms with Gasteiger partial charge in [0.25, 0.3) is 11.7 Å². The fraction of sp³-hybridized carbons (Fsp3) is 0.200. The summed E-state index contributed by atoms with van der Waals surface area (Å²) in [6.07, 6.45) is 1.47. The number of ether oxygens (including phenoxy) is 2. The van der Waals surface area contributed by atoms with E-state index in [2.05, 4.69) is 0 Å². The maximum Gasteiger partial charge on any atom is 0.300 e. The number of anilines is 2. The van der Waals surface area contributed by atoms with Gasteiger partial charge in [-0.25, -0.2) is 0 Å². The van der Waals surface area contributed by atoms with Crippen LogP contribution in [0.25, 0.3) is 5.76 Å². The molecule has 1 saturated heterocycles. The number of Topliss-reactive ketones (excluding diaryl/α,β-unsaturated/α-hetero) is 1. The van der Waals surface area contributed by atoms with Gasteiger partial charge in [0.1, 0.15) is 30.8 Å². The van der Waals surface area contributed by atoms with Gasteiger partial charge >= 0.3 is 0 Å². The number of carbonyl (C=O) groups excluding carboxylic acids is 2. The van der Waals surface area contributed by atoms with E-state index in [-0.39, 0.29) is 11.3 Å². The molecule has 0 bridgehead atoms. The number of hydrogen-bond acceptors (Lipinski definition) is 7. The summed E-state index contributed by atoms with van der Waals surface area (Å²) in [5, 5.41) is 11.2. The predicted molar refractivity (Wildman–Crippen MR) is 122 cm³/mol. The van der Waals surface area contributed by atoms with Crippen LogP contribution >= 0.6 is 0 Å². The van der Waals surface area contributed by atoms with E-state index in [9.17, 15) is 14.7 Å². The highest BCUT2D eigenvalue weighted by atomic mass is 16.6. The van der Waals surface area contributed by atoms with Crippen molar-refractivity contribution in [3.05, 3.63) is 77.8 Å². The van der Waals surface area contributed by atoms with Gasteiger partial charge in [-0.1, -0.05) is 0 Å². The van der Waals surface area contributed by atoms with E-state index in [4.69, 9.17) is 13.9 Å². The summed E-state index contributed by atoms with van der Waals surface area (Å²) in [5.41, 5.74) is 1.76. The molecule has 5 rings (SSSR count). The van der Waals surface area contributed by atoms with E-state index in [1.807, 2.05) is 31.1 Å². The smallest absolute Gasteiger partial charge is 0.300 e. The van der Waals surface area contributed by atoms with Crippen LogP contribution in [0.5, 0.6) is 11.5 Å². The minimum atomic E-state index is -0.918. The minimum absolute atomic E-state index is 0.0525. The van der Waals surface area contributed by atoms with Crippen LogP contribution in [-0.2, 0) is 9.59 Å². The lowest BCUT2D eigenvalue weighted by molar-refractivity contribution is -0.132. The number of ketones is 1. The molecule has 0 aliphatic carbocycles. The van der Waals surface area contributed by atoms with E-state index in [0.29, 0.717) is 41.7 Å². The van der Waals surface area contributed by atoms with Crippen molar-refractivity contribution in [3.63, 3.8) is 0 Å². The fourth-order valence-corrected chi connectivity index (χ4v) is 4.07. The van der Waals surface area contributed by atoms with Crippen molar-refractivity contribution in [3.8, 4) is 11.5 Å². The molecule has 1 atom stereocenters. The first-order valence-corrected chi connectivity index (χ1v) is 10.5. The molecule has 0 spiro atoms. The molecule has 1 fully saturated rings. The second-order valence-corrected chi connectivity index (χ2v) is 7.95. The summed E-state index contributed by atoms with van der Waals surface area (Å²) in [6, 6.07) is 14.6. The number of aliphatic hydroxyl groups excluding tert-OH is 1. The van der Waals surface area contributed by atoms with E-state index in [1.54, 1.807) is 42.5 Å². The summed E-state index contributed by atoms with van der Waals surface area (Å²) in [6.45, 7) is 0.825. The number of benzene rings is 2. The van der Waals surface area contributed by atoms with Crippen molar-refractivity contribution in [1.82, 2.24) is 0 Å². The maximum absolute atomic E-state index is 13.2. The molecule has 33 heavy (non-hydrogen) atoms. The Morgan fingerprint density at radius 1 is 1.00 bits per heavy atom. The SMILES string of the molecule is CN(C)c1ccc(N2C(=O)C(=O)/C(=C(\O)c3ccc4c(c3)OCCO4)C2c2ccco2)cc1. The number of aliphatic hydroxyl groups is 1. The van der Waals surface area contributed by atoms with Crippen molar-refractivity contribution < 1.29 is 28.6 Å². The lowest BCUT2D eigenvalue weighted by Gasteiger charge is -2.24. The molecule has 1 N–H and O–H groups in total. The van der Waals surface area contributed by atoms with Gasteiger partial charge in [0.05, 0.1) is 11.8 Å². The van der Waals surface area contributed by atoms with Gasteiger partial charge in [-0.15, -0.1) is 0 Å². The molecule has 3 heterocycles. The van der Waals surface area contributed by atoms with Crippen LogP contribution < -0.4 is 19.3 Å². The molecule has 0 radical (unpaired) electrons. The fourth-order valence-electron chi connectivity index (χ4n) is 4.07. The van der Waals surface area contributed by atoms with Crippen LogP contribution in [0.1, 0.15) is 17.4 Å². The summed E-state index contributed by atoms with van der Waals surface area (Å²) in [5.74, 6) is -0.451. The number of furan rings is 1. The number of amides is 1. The predicted octanol–water partition coefficient (Wildman–Crippen LogP) is 3.74. The third kappa shape index (κ3) is 3.49. The van der Waals surface area contributed by atoms with Gasteiger partial charge in [0, 0.05) is 31.0 Å². The Hall–Kier alpha value is -4.20. The molecular formula is C25H22N2O6. The molecule has 8 nitrogen and oxygen atoms in total. The lowest BCUT2D eigenvalue weighted by atomic mass is 9.99. The molecular weight excluding hydrogens is 424 g/mol. The third-order valence-electron chi connectivity index (χ3n) is 5.72. The summed E-state index contributed by atoms with van der Waals surface area (Å²) in [4.78, 5) is 29.6. The quantitative estimate of drug-likeness (QED) is 0.371. The van der Waals surface area contributed by atoms with E-state index < -0.39 is 17.7 Å². The van der Waals surface area contributed by atoms with Gasteiger partial charge in [-0.2, -0.15) is 0 Å². The number of nitrogens with zero attached hydrogens (tertiary/aromatic N) is 2. The number of hydrogen-bond donors (Lipinski definition) is 1. The average Bonchev–Trinajstić information content (AvgIpc) is 3.45. The third-order valence-corrected chi connectivity index (χ3v) is 5.72. The molecule has 1 aromatic heterocycles. The van der Waals surface area contributed by atoms with Crippen molar-refractivity contribution in [2.24, 2.45) is 0 Å². The molecule has 2 aliphatic heterocycles. The minimum Gasteiger partial charge on any atom is -0.507 e. The van der Waals surface area contributed by atoms with Gasteiger partial charge in [-0.3, -0.25) is 14.5 Å². The Morgan fingerprint density at radius 2 is 1.73 bits per heavy atom. The van der Waals surface area contributed by atoms with Crippen molar-refractivity contribution in [2.75, 3.05) is 37.1 Å².